The Morgan fingerprint density at radius 1 is 1.35 bits per heavy atom. The van der Waals surface area contributed by atoms with Gasteiger partial charge in [0.1, 0.15) is 5.60 Å². The highest BCUT2D eigenvalue weighted by molar-refractivity contribution is 5.67. The van der Waals surface area contributed by atoms with Crippen LogP contribution in [0.3, 0.4) is 0 Å². The number of hydrogen-bond acceptors (Lipinski definition) is 4. The Balaban J connectivity index is 3.60. The third-order valence-electron chi connectivity index (χ3n) is 2.20. The van der Waals surface area contributed by atoms with Crippen molar-refractivity contribution in [3.05, 3.63) is 0 Å². The molecule has 5 heteroatoms. The number of aliphatic hydroxyl groups is 1. The summed E-state index contributed by atoms with van der Waals surface area (Å²) >= 11 is 0. The van der Waals surface area contributed by atoms with Crippen LogP contribution >= 0.6 is 0 Å². The molecule has 0 heterocycles. The van der Waals surface area contributed by atoms with E-state index in [1.165, 1.54) is 0 Å². The minimum atomic E-state index is -0.458. The average molecular weight is 246 g/mol. The molecule has 0 aliphatic carbocycles. The van der Waals surface area contributed by atoms with E-state index in [1.54, 1.807) is 0 Å². The first kappa shape index (κ1) is 16.2. The van der Waals surface area contributed by atoms with Gasteiger partial charge in [-0.3, -0.25) is 0 Å². The van der Waals surface area contributed by atoms with Gasteiger partial charge in [-0.2, -0.15) is 0 Å². The molecule has 0 rings (SSSR count). The Bertz CT molecular complexity index is 214. The van der Waals surface area contributed by atoms with Gasteiger partial charge in [0.25, 0.3) is 0 Å². The number of ether oxygens (including phenoxy) is 1. The molecule has 0 fully saturated rings. The molecular formula is C12H26N2O3. The summed E-state index contributed by atoms with van der Waals surface area (Å²) in [6.07, 6.45) is 1.31. The Hall–Kier alpha value is -0.810. The molecule has 3 N–H and O–H groups in total. The van der Waals surface area contributed by atoms with Crippen molar-refractivity contribution in [3.8, 4) is 0 Å². The van der Waals surface area contributed by atoms with Gasteiger partial charge in [0, 0.05) is 25.7 Å². The van der Waals surface area contributed by atoms with Crippen molar-refractivity contribution < 1.29 is 14.6 Å². The monoisotopic (exact) mass is 246 g/mol. The predicted octanol–water partition coefficient (Wildman–Crippen LogP) is 1.26. The first-order valence-electron chi connectivity index (χ1n) is 6.20. The fourth-order valence-electron chi connectivity index (χ4n) is 1.36. The van der Waals surface area contributed by atoms with Crippen LogP contribution in [0, 0.1) is 0 Å². The number of aliphatic hydroxyl groups excluding tert-OH is 1. The molecule has 0 saturated carbocycles. The normalized spacial score (nSPS) is 13.2. The van der Waals surface area contributed by atoms with Gasteiger partial charge in [0.05, 0.1) is 0 Å². The molecule has 17 heavy (non-hydrogen) atoms. The first-order valence-corrected chi connectivity index (χ1v) is 6.20. The molecule has 1 amide bonds. The molecule has 1 unspecified atom stereocenters. The zero-order valence-electron chi connectivity index (χ0n) is 11.4. The van der Waals surface area contributed by atoms with Gasteiger partial charge in [-0.05, 0) is 33.6 Å². The average Bonchev–Trinajstić information content (AvgIpc) is 2.20. The molecule has 0 aliphatic heterocycles. The van der Waals surface area contributed by atoms with Crippen LogP contribution in [0.2, 0.25) is 0 Å². The minimum absolute atomic E-state index is 0.186. The lowest BCUT2D eigenvalue weighted by Crippen LogP contribution is -2.39. The van der Waals surface area contributed by atoms with Crippen LogP contribution in [0.4, 0.5) is 4.79 Å². The summed E-state index contributed by atoms with van der Waals surface area (Å²) in [6, 6.07) is 0.306. The largest absolute Gasteiger partial charge is 0.444 e. The molecule has 0 aliphatic rings. The lowest BCUT2D eigenvalue weighted by atomic mass is 10.1. The number of amides is 1. The van der Waals surface area contributed by atoms with Gasteiger partial charge < -0.3 is 20.5 Å². The van der Waals surface area contributed by atoms with Crippen molar-refractivity contribution in [2.75, 3.05) is 19.7 Å². The maximum Gasteiger partial charge on any atom is 0.407 e. The van der Waals surface area contributed by atoms with Crippen molar-refractivity contribution in [1.82, 2.24) is 10.6 Å². The Morgan fingerprint density at radius 2 is 2.00 bits per heavy atom. The highest BCUT2D eigenvalue weighted by Crippen LogP contribution is 2.06. The predicted molar refractivity (Wildman–Crippen MR) is 68.0 cm³/mol. The summed E-state index contributed by atoms with van der Waals surface area (Å²) < 4.78 is 5.10. The van der Waals surface area contributed by atoms with Crippen LogP contribution in [0.5, 0.6) is 0 Å². The standard InChI is InChI=1S/C12H26N2O3/c1-5-10(6-9-15)13-7-8-14-11(16)17-12(2,3)4/h10,13,15H,5-9H2,1-4H3,(H,14,16). The number of rotatable bonds is 7. The van der Waals surface area contributed by atoms with Gasteiger partial charge in [-0.1, -0.05) is 6.92 Å². The lowest BCUT2D eigenvalue weighted by molar-refractivity contribution is 0.0527. The molecule has 0 aromatic carbocycles. The van der Waals surface area contributed by atoms with Crippen molar-refractivity contribution in [3.63, 3.8) is 0 Å². The van der Waals surface area contributed by atoms with Crippen LogP contribution in [0.1, 0.15) is 40.5 Å². The molecule has 0 spiro atoms. The van der Waals surface area contributed by atoms with Crippen LogP contribution in [0.15, 0.2) is 0 Å². The van der Waals surface area contributed by atoms with Crippen LogP contribution in [-0.2, 0) is 4.74 Å². The summed E-state index contributed by atoms with van der Waals surface area (Å²) in [7, 11) is 0. The molecular weight excluding hydrogens is 220 g/mol. The molecule has 102 valence electrons. The summed E-state index contributed by atoms with van der Waals surface area (Å²) in [6.45, 7) is 8.95. The van der Waals surface area contributed by atoms with E-state index in [9.17, 15) is 4.79 Å². The van der Waals surface area contributed by atoms with Crippen molar-refractivity contribution in [1.29, 1.82) is 0 Å². The third kappa shape index (κ3) is 10.1. The highest BCUT2D eigenvalue weighted by atomic mass is 16.6. The second kappa shape index (κ2) is 8.31. The zero-order chi connectivity index (χ0) is 13.3. The number of nitrogens with one attached hydrogen (secondary N) is 2. The lowest BCUT2D eigenvalue weighted by Gasteiger charge is -2.20. The van der Waals surface area contributed by atoms with Gasteiger partial charge in [0.2, 0.25) is 0 Å². The number of carbonyl (C=O) groups excluding carboxylic acids is 1. The maximum absolute atomic E-state index is 11.3. The van der Waals surface area contributed by atoms with Gasteiger partial charge in [0.15, 0.2) is 0 Å². The number of hydrogen-bond donors (Lipinski definition) is 3. The van der Waals surface area contributed by atoms with E-state index in [-0.39, 0.29) is 6.61 Å². The quantitative estimate of drug-likeness (QED) is 0.591. The highest BCUT2D eigenvalue weighted by Gasteiger charge is 2.15. The van der Waals surface area contributed by atoms with Gasteiger partial charge in [-0.25, -0.2) is 4.79 Å². The maximum atomic E-state index is 11.3. The molecule has 0 bridgehead atoms. The fourth-order valence-corrected chi connectivity index (χ4v) is 1.36. The fraction of sp³-hybridized carbons (Fsp3) is 0.917. The van der Waals surface area contributed by atoms with E-state index in [0.29, 0.717) is 19.1 Å². The molecule has 0 aromatic rings. The Kier molecular flexibility index (Phi) is 7.91. The SMILES string of the molecule is CCC(CCO)NCCNC(=O)OC(C)(C)C. The van der Waals surface area contributed by atoms with Crippen LogP contribution in [0.25, 0.3) is 0 Å². The van der Waals surface area contributed by atoms with Crippen molar-refractivity contribution >= 4 is 6.09 Å². The van der Waals surface area contributed by atoms with E-state index in [0.717, 1.165) is 12.8 Å². The topological polar surface area (TPSA) is 70.6 Å². The molecule has 0 saturated heterocycles. The second-order valence-electron chi connectivity index (χ2n) is 5.00. The number of carbonyl (C=O) groups is 1. The molecule has 1 atom stereocenters. The smallest absolute Gasteiger partial charge is 0.407 e. The zero-order valence-corrected chi connectivity index (χ0v) is 11.4. The second-order valence-corrected chi connectivity index (χ2v) is 5.00. The van der Waals surface area contributed by atoms with Crippen LogP contribution < -0.4 is 10.6 Å². The molecule has 0 radical (unpaired) electrons. The minimum Gasteiger partial charge on any atom is -0.444 e. The molecule has 5 nitrogen and oxygen atoms in total. The third-order valence-corrected chi connectivity index (χ3v) is 2.20. The molecule has 0 aromatic heterocycles. The van der Waals surface area contributed by atoms with Crippen LogP contribution in [-0.4, -0.2) is 42.5 Å². The van der Waals surface area contributed by atoms with E-state index in [2.05, 4.69) is 17.6 Å². The van der Waals surface area contributed by atoms with E-state index >= 15 is 0 Å². The van der Waals surface area contributed by atoms with E-state index < -0.39 is 11.7 Å². The summed E-state index contributed by atoms with van der Waals surface area (Å²) in [5.41, 5.74) is -0.458. The van der Waals surface area contributed by atoms with Gasteiger partial charge in [-0.15, -0.1) is 0 Å². The first-order chi connectivity index (χ1) is 7.89. The van der Waals surface area contributed by atoms with Crippen molar-refractivity contribution in [2.24, 2.45) is 0 Å². The Morgan fingerprint density at radius 3 is 2.47 bits per heavy atom. The van der Waals surface area contributed by atoms with Crippen molar-refractivity contribution in [2.45, 2.75) is 52.2 Å². The van der Waals surface area contributed by atoms with Gasteiger partial charge >= 0.3 is 6.09 Å². The van der Waals surface area contributed by atoms with E-state index in [4.69, 9.17) is 9.84 Å². The van der Waals surface area contributed by atoms with E-state index in [1.807, 2.05) is 20.8 Å². The Labute approximate surface area is 104 Å². The summed E-state index contributed by atoms with van der Waals surface area (Å²) in [5, 5.41) is 14.7. The number of alkyl carbamates (subject to hydrolysis) is 1. The summed E-state index contributed by atoms with van der Waals surface area (Å²) in [5.74, 6) is 0. The summed E-state index contributed by atoms with van der Waals surface area (Å²) in [4.78, 5) is 11.3.